The number of furan rings is 1. The van der Waals surface area contributed by atoms with E-state index in [4.69, 9.17) is 10.2 Å². The summed E-state index contributed by atoms with van der Waals surface area (Å²) >= 11 is 0. The predicted molar refractivity (Wildman–Crippen MR) is 110 cm³/mol. The maximum Gasteiger partial charge on any atom is 0.287 e. The lowest BCUT2D eigenvalue weighted by Crippen LogP contribution is -2.45. The number of rotatable bonds is 5. The van der Waals surface area contributed by atoms with E-state index in [1.54, 1.807) is 6.26 Å². The Kier molecular flexibility index (Phi) is 7.57. The number of hydrogen-bond acceptors (Lipinski definition) is 4. The molecule has 0 aliphatic carbocycles. The number of nitrogens with zero attached hydrogens (tertiary/aromatic N) is 1. The van der Waals surface area contributed by atoms with E-state index in [9.17, 15) is 4.79 Å². The van der Waals surface area contributed by atoms with Gasteiger partial charge in [0.2, 0.25) is 0 Å². The van der Waals surface area contributed by atoms with Gasteiger partial charge in [-0.05, 0) is 44.9 Å². The summed E-state index contributed by atoms with van der Waals surface area (Å²) in [5, 5.41) is 2.84. The van der Waals surface area contributed by atoms with Crippen molar-refractivity contribution in [2.45, 2.75) is 45.3 Å². The molecular weight excluding hydrogens is 373 g/mol. The van der Waals surface area contributed by atoms with Crippen molar-refractivity contribution in [3.63, 3.8) is 0 Å². The Balaban J connectivity index is 0.00000169. The first-order chi connectivity index (χ1) is 11.3. The highest BCUT2D eigenvalue weighted by atomic mass is 35.5. The Bertz CT molecular complexity index is 740. The molecule has 1 aromatic carbocycles. The number of nitrogens with two attached hydrogens (primary N) is 1. The van der Waals surface area contributed by atoms with Gasteiger partial charge in [-0.1, -0.05) is 18.2 Å². The fourth-order valence-corrected chi connectivity index (χ4v) is 3.10. The van der Waals surface area contributed by atoms with Gasteiger partial charge in [0.1, 0.15) is 0 Å². The molecular formula is C19H27Cl2N3O2. The minimum atomic E-state index is -0.454. The minimum absolute atomic E-state index is 0. The zero-order valence-corrected chi connectivity index (χ0v) is 17.0. The van der Waals surface area contributed by atoms with Gasteiger partial charge in [-0.15, -0.1) is 24.8 Å². The SMILES string of the molecule is CC1Cc2ccccc2N1Cc1ccoc1C(=O)NCC(C)(C)N.Cl.Cl. The molecule has 0 bridgehead atoms. The molecule has 0 spiro atoms. The highest BCUT2D eigenvalue weighted by Gasteiger charge is 2.27. The summed E-state index contributed by atoms with van der Waals surface area (Å²) in [5.74, 6) is 0.157. The molecule has 2 aromatic rings. The number of para-hydroxylation sites is 1. The van der Waals surface area contributed by atoms with Crippen LogP contribution in [0.1, 0.15) is 42.5 Å². The van der Waals surface area contributed by atoms with Crippen LogP contribution >= 0.6 is 24.8 Å². The average molecular weight is 400 g/mol. The van der Waals surface area contributed by atoms with E-state index < -0.39 is 5.54 Å². The quantitative estimate of drug-likeness (QED) is 0.806. The number of amides is 1. The second-order valence-electron chi connectivity index (χ2n) is 7.26. The molecule has 0 radical (unpaired) electrons. The first-order valence-corrected chi connectivity index (χ1v) is 8.33. The summed E-state index contributed by atoms with van der Waals surface area (Å²) < 4.78 is 5.45. The van der Waals surface area contributed by atoms with Crippen LogP contribution < -0.4 is 16.0 Å². The molecule has 1 aliphatic heterocycles. The number of carbonyl (C=O) groups is 1. The fourth-order valence-electron chi connectivity index (χ4n) is 3.10. The number of carbonyl (C=O) groups excluding carboxylic acids is 1. The van der Waals surface area contributed by atoms with Crippen LogP contribution in [-0.2, 0) is 13.0 Å². The van der Waals surface area contributed by atoms with Gasteiger partial charge in [0.05, 0.1) is 6.26 Å². The third-order valence-corrected chi connectivity index (χ3v) is 4.35. The number of hydrogen-bond donors (Lipinski definition) is 2. The van der Waals surface area contributed by atoms with E-state index >= 15 is 0 Å². The largest absolute Gasteiger partial charge is 0.459 e. The summed E-state index contributed by atoms with van der Waals surface area (Å²) in [6, 6.07) is 10.7. The van der Waals surface area contributed by atoms with Crippen LogP contribution in [0.4, 0.5) is 5.69 Å². The van der Waals surface area contributed by atoms with Gasteiger partial charge < -0.3 is 20.4 Å². The molecule has 5 nitrogen and oxygen atoms in total. The van der Waals surface area contributed by atoms with Crippen LogP contribution in [0.15, 0.2) is 41.0 Å². The van der Waals surface area contributed by atoms with Crippen LogP contribution in [0, 0.1) is 0 Å². The van der Waals surface area contributed by atoms with Crippen molar-refractivity contribution in [2.75, 3.05) is 11.4 Å². The molecule has 0 saturated carbocycles. The monoisotopic (exact) mass is 399 g/mol. The van der Waals surface area contributed by atoms with Gasteiger partial charge in [0.15, 0.2) is 5.76 Å². The fraction of sp³-hybridized carbons (Fsp3) is 0.421. The lowest BCUT2D eigenvalue weighted by molar-refractivity contribution is 0.0917. The molecule has 1 aliphatic rings. The first-order valence-electron chi connectivity index (χ1n) is 8.33. The van der Waals surface area contributed by atoms with Gasteiger partial charge in [-0.2, -0.15) is 0 Å². The number of fused-ring (bicyclic) bond motifs is 1. The van der Waals surface area contributed by atoms with E-state index in [1.165, 1.54) is 11.3 Å². The summed E-state index contributed by atoms with van der Waals surface area (Å²) in [6.07, 6.45) is 2.60. The molecule has 7 heteroatoms. The van der Waals surface area contributed by atoms with Gasteiger partial charge >= 0.3 is 0 Å². The van der Waals surface area contributed by atoms with Crippen molar-refractivity contribution in [2.24, 2.45) is 5.73 Å². The molecule has 2 heterocycles. The summed E-state index contributed by atoms with van der Waals surface area (Å²) in [5.41, 5.74) is 8.95. The van der Waals surface area contributed by atoms with E-state index in [0.717, 1.165) is 12.0 Å². The molecule has 1 amide bonds. The van der Waals surface area contributed by atoms with Crippen molar-refractivity contribution < 1.29 is 9.21 Å². The van der Waals surface area contributed by atoms with Crippen LogP contribution in [0.2, 0.25) is 0 Å². The van der Waals surface area contributed by atoms with E-state index in [0.29, 0.717) is 24.9 Å². The molecule has 0 fully saturated rings. The molecule has 1 unspecified atom stereocenters. The third-order valence-electron chi connectivity index (χ3n) is 4.35. The van der Waals surface area contributed by atoms with Crippen molar-refractivity contribution in [3.8, 4) is 0 Å². The van der Waals surface area contributed by atoms with Gasteiger partial charge in [-0.25, -0.2) is 0 Å². The number of nitrogens with one attached hydrogen (secondary N) is 1. The Morgan fingerprint density at radius 3 is 2.69 bits per heavy atom. The Morgan fingerprint density at radius 1 is 1.31 bits per heavy atom. The maximum absolute atomic E-state index is 12.4. The maximum atomic E-state index is 12.4. The Hall–Kier alpha value is -1.69. The summed E-state index contributed by atoms with van der Waals surface area (Å²) in [6.45, 7) is 7.01. The standard InChI is InChI=1S/C19H25N3O2.2ClH/c1-13-10-14-6-4-5-7-16(14)22(13)11-15-8-9-24-17(15)18(23)21-12-19(2,3)20;;/h4-9,13H,10-12,20H2,1-3H3,(H,21,23);2*1H. The van der Waals surface area contributed by atoms with Crippen LogP contribution in [0.5, 0.6) is 0 Å². The van der Waals surface area contributed by atoms with Gasteiger partial charge in [-0.3, -0.25) is 4.79 Å². The average Bonchev–Trinajstić information content (AvgIpc) is 3.10. The van der Waals surface area contributed by atoms with Crippen LogP contribution in [0.25, 0.3) is 0 Å². The van der Waals surface area contributed by atoms with Gasteiger partial charge in [0.25, 0.3) is 5.91 Å². The normalized spacial score (nSPS) is 15.7. The summed E-state index contributed by atoms with van der Waals surface area (Å²) in [4.78, 5) is 14.7. The van der Waals surface area contributed by atoms with E-state index in [1.807, 2.05) is 19.9 Å². The second-order valence-corrected chi connectivity index (χ2v) is 7.26. The molecule has 3 N–H and O–H groups in total. The van der Waals surface area contributed by atoms with E-state index in [-0.39, 0.29) is 30.7 Å². The van der Waals surface area contributed by atoms with Crippen molar-refractivity contribution in [3.05, 3.63) is 53.5 Å². The molecule has 144 valence electrons. The van der Waals surface area contributed by atoms with Gasteiger partial charge in [0, 0.05) is 35.9 Å². The van der Waals surface area contributed by atoms with Crippen molar-refractivity contribution in [1.29, 1.82) is 0 Å². The predicted octanol–water partition coefficient (Wildman–Crippen LogP) is 3.54. The van der Waals surface area contributed by atoms with E-state index in [2.05, 4.69) is 41.4 Å². The zero-order valence-electron chi connectivity index (χ0n) is 15.3. The minimum Gasteiger partial charge on any atom is -0.459 e. The number of anilines is 1. The molecule has 0 saturated heterocycles. The Labute approximate surface area is 167 Å². The van der Waals surface area contributed by atoms with Crippen LogP contribution in [0.3, 0.4) is 0 Å². The molecule has 1 atom stereocenters. The smallest absolute Gasteiger partial charge is 0.287 e. The Morgan fingerprint density at radius 2 is 2.00 bits per heavy atom. The number of benzene rings is 1. The third kappa shape index (κ3) is 4.93. The molecule has 3 rings (SSSR count). The molecule has 26 heavy (non-hydrogen) atoms. The van der Waals surface area contributed by atoms with Crippen LogP contribution in [-0.4, -0.2) is 24.0 Å². The number of halogens is 2. The molecule has 1 aromatic heterocycles. The first kappa shape index (κ1) is 22.4. The highest BCUT2D eigenvalue weighted by molar-refractivity contribution is 5.93. The highest BCUT2D eigenvalue weighted by Crippen LogP contribution is 2.33. The zero-order chi connectivity index (χ0) is 17.3. The van der Waals surface area contributed by atoms with Crippen molar-refractivity contribution in [1.82, 2.24) is 5.32 Å². The van der Waals surface area contributed by atoms with Crippen molar-refractivity contribution >= 4 is 36.4 Å². The second kappa shape index (κ2) is 8.80. The lowest BCUT2D eigenvalue weighted by atomic mass is 10.1. The summed E-state index contributed by atoms with van der Waals surface area (Å²) in [7, 11) is 0. The lowest BCUT2D eigenvalue weighted by Gasteiger charge is -2.25. The topological polar surface area (TPSA) is 71.5 Å².